The molecular weight excluding hydrogens is 395 g/mol. The summed E-state index contributed by atoms with van der Waals surface area (Å²) in [7, 11) is -2.52. The molecule has 3 aromatic rings. The van der Waals surface area contributed by atoms with Gasteiger partial charge in [0.1, 0.15) is 11.6 Å². The van der Waals surface area contributed by atoms with Crippen LogP contribution in [0.15, 0.2) is 77.7 Å². The first-order valence-electron chi connectivity index (χ1n) is 8.68. The standard InChI is InChI=1S/C21H19FN2O4S/c1-28-20-12-5-2-7-16(20)14-23-21(25)15-8-6-9-17(13-15)29(26,27)24-19-11-4-3-10-18(19)22/h2-13,24H,14H2,1H3,(H,23,25). The van der Waals surface area contributed by atoms with Crippen molar-refractivity contribution in [2.75, 3.05) is 11.8 Å². The number of benzene rings is 3. The number of rotatable bonds is 7. The van der Waals surface area contributed by atoms with E-state index in [1.54, 1.807) is 6.07 Å². The second-order valence-electron chi connectivity index (χ2n) is 6.11. The number of amides is 1. The second-order valence-corrected chi connectivity index (χ2v) is 7.79. The molecule has 6 nitrogen and oxygen atoms in total. The fraction of sp³-hybridized carbons (Fsp3) is 0.0952. The summed E-state index contributed by atoms with van der Waals surface area (Å²) >= 11 is 0. The van der Waals surface area contributed by atoms with Gasteiger partial charge in [-0.15, -0.1) is 0 Å². The van der Waals surface area contributed by atoms with Gasteiger partial charge in [-0.2, -0.15) is 0 Å². The van der Waals surface area contributed by atoms with Crippen molar-refractivity contribution in [3.8, 4) is 5.75 Å². The van der Waals surface area contributed by atoms with Gasteiger partial charge in [0.05, 0.1) is 17.7 Å². The maximum absolute atomic E-state index is 13.8. The summed E-state index contributed by atoms with van der Waals surface area (Å²) in [4.78, 5) is 12.3. The van der Waals surface area contributed by atoms with Gasteiger partial charge in [-0.1, -0.05) is 36.4 Å². The second kappa shape index (κ2) is 8.74. The third kappa shape index (κ3) is 4.91. The van der Waals surface area contributed by atoms with E-state index in [4.69, 9.17) is 4.74 Å². The van der Waals surface area contributed by atoms with E-state index in [0.29, 0.717) is 5.75 Å². The Morgan fingerprint density at radius 1 is 1.00 bits per heavy atom. The number of hydrogen-bond acceptors (Lipinski definition) is 4. The molecule has 8 heteroatoms. The summed E-state index contributed by atoms with van der Waals surface area (Å²) in [5, 5.41) is 2.73. The molecule has 3 aromatic carbocycles. The van der Waals surface area contributed by atoms with Gasteiger partial charge in [0.15, 0.2) is 0 Å². The van der Waals surface area contributed by atoms with Gasteiger partial charge in [-0.3, -0.25) is 9.52 Å². The van der Waals surface area contributed by atoms with Crippen molar-refractivity contribution >= 4 is 21.6 Å². The van der Waals surface area contributed by atoms with Crippen LogP contribution in [0.4, 0.5) is 10.1 Å². The number of methoxy groups -OCH3 is 1. The van der Waals surface area contributed by atoms with Crippen LogP contribution in [0.3, 0.4) is 0 Å². The van der Waals surface area contributed by atoms with E-state index in [9.17, 15) is 17.6 Å². The average Bonchev–Trinajstić information content (AvgIpc) is 2.74. The highest BCUT2D eigenvalue weighted by molar-refractivity contribution is 7.92. The van der Waals surface area contributed by atoms with E-state index < -0.39 is 21.7 Å². The summed E-state index contributed by atoms with van der Waals surface area (Å²) in [5.74, 6) is -0.501. The molecule has 0 aromatic heterocycles. The van der Waals surface area contributed by atoms with Crippen molar-refractivity contribution in [3.63, 3.8) is 0 Å². The van der Waals surface area contributed by atoms with Crippen molar-refractivity contribution in [3.05, 3.63) is 89.7 Å². The van der Waals surface area contributed by atoms with Crippen LogP contribution >= 0.6 is 0 Å². The van der Waals surface area contributed by atoms with Crippen molar-refractivity contribution in [1.29, 1.82) is 0 Å². The van der Waals surface area contributed by atoms with Gasteiger partial charge >= 0.3 is 0 Å². The number of halogens is 1. The summed E-state index contributed by atoms with van der Waals surface area (Å²) in [6.07, 6.45) is 0. The molecule has 0 saturated carbocycles. The molecular formula is C21H19FN2O4S. The van der Waals surface area contributed by atoms with Crippen molar-refractivity contribution in [1.82, 2.24) is 5.32 Å². The lowest BCUT2D eigenvalue weighted by Crippen LogP contribution is -2.23. The minimum absolute atomic E-state index is 0.148. The number of anilines is 1. The number of carbonyl (C=O) groups excluding carboxylic acids is 1. The predicted molar refractivity (Wildman–Crippen MR) is 108 cm³/mol. The molecule has 29 heavy (non-hydrogen) atoms. The SMILES string of the molecule is COc1ccccc1CNC(=O)c1cccc(S(=O)(=O)Nc2ccccc2F)c1. The van der Waals surface area contributed by atoms with Crippen LogP contribution < -0.4 is 14.8 Å². The van der Waals surface area contributed by atoms with Crippen LogP contribution in [0, 0.1) is 5.82 Å². The Balaban J connectivity index is 1.76. The summed E-state index contributed by atoms with van der Waals surface area (Å²) in [6.45, 7) is 0.216. The molecule has 0 heterocycles. The zero-order chi connectivity index (χ0) is 20.9. The monoisotopic (exact) mass is 414 g/mol. The summed E-state index contributed by atoms with van der Waals surface area (Å²) in [5.41, 5.74) is 0.781. The molecule has 0 fully saturated rings. The van der Waals surface area contributed by atoms with E-state index in [-0.39, 0.29) is 22.7 Å². The quantitative estimate of drug-likeness (QED) is 0.619. The molecule has 150 valence electrons. The number of ether oxygens (including phenoxy) is 1. The first-order chi connectivity index (χ1) is 13.9. The highest BCUT2D eigenvalue weighted by atomic mass is 32.2. The van der Waals surface area contributed by atoms with E-state index in [2.05, 4.69) is 10.0 Å². The molecule has 0 spiro atoms. The molecule has 0 saturated heterocycles. The van der Waals surface area contributed by atoms with Gasteiger partial charge in [-0.05, 0) is 36.4 Å². The van der Waals surface area contributed by atoms with Crippen LogP contribution in [-0.4, -0.2) is 21.4 Å². The normalized spacial score (nSPS) is 11.0. The van der Waals surface area contributed by atoms with Gasteiger partial charge in [0.25, 0.3) is 15.9 Å². The molecule has 0 aliphatic carbocycles. The third-order valence-electron chi connectivity index (χ3n) is 4.16. The first-order valence-corrected chi connectivity index (χ1v) is 10.2. The Labute approximate surface area is 168 Å². The molecule has 3 rings (SSSR count). The highest BCUT2D eigenvalue weighted by Gasteiger charge is 2.18. The average molecular weight is 414 g/mol. The third-order valence-corrected chi connectivity index (χ3v) is 5.52. The smallest absolute Gasteiger partial charge is 0.262 e. The molecule has 0 atom stereocenters. The van der Waals surface area contributed by atoms with Crippen LogP contribution in [-0.2, 0) is 16.6 Å². The zero-order valence-corrected chi connectivity index (χ0v) is 16.4. The van der Waals surface area contributed by atoms with E-state index in [0.717, 1.165) is 11.6 Å². The highest BCUT2D eigenvalue weighted by Crippen LogP contribution is 2.20. The molecule has 1 amide bonds. The molecule has 2 N–H and O–H groups in total. The number of sulfonamides is 1. The molecule has 0 aliphatic heterocycles. The maximum atomic E-state index is 13.8. The number of para-hydroxylation sites is 2. The Morgan fingerprint density at radius 2 is 1.72 bits per heavy atom. The lowest BCUT2D eigenvalue weighted by molar-refractivity contribution is 0.0950. The fourth-order valence-electron chi connectivity index (χ4n) is 2.68. The van der Waals surface area contributed by atoms with Crippen LogP contribution in [0.5, 0.6) is 5.75 Å². The Hall–Kier alpha value is -3.39. The summed E-state index contributed by atoms with van der Waals surface area (Å²) in [6, 6.07) is 18.2. The Bertz CT molecular complexity index is 1130. The van der Waals surface area contributed by atoms with E-state index >= 15 is 0 Å². The van der Waals surface area contributed by atoms with Crippen LogP contribution in [0.1, 0.15) is 15.9 Å². The van der Waals surface area contributed by atoms with Crippen molar-refractivity contribution in [2.24, 2.45) is 0 Å². The largest absolute Gasteiger partial charge is 0.496 e. The number of carbonyl (C=O) groups is 1. The van der Waals surface area contributed by atoms with Crippen molar-refractivity contribution < 1.29 is 22.3 Å². The van der Waals surface area contributed by atoms with Crippen LogP contribution in [0.2, 0.25) is 0 Å². The lowest BCUT2D eigenvalue weighted by atomic mass is 10.2. The number of hydrogen-bond donors (Lipinski definition) is 2. The van der Waals surface area contributed by atoms with Gasteiger partial charge in [0, 0.05) is 17.7 Å². The molecule has 0 radical (unpaired) electrons. The molecule has 0 bridgehead atoms. The Morgan fingerprint density at radius 3 is 2.48 bits per heavy atom. The molecule has 0 unspecified atom stereocenters. The van der Waals surface area contributed by atoms with Gasteiger partial charge < -0.3 is 10.1 Å². The zero-order valence-electron chi connectivity index (χ0n) is 15.6. The predicted octanol–water partition coefficient (Wildman–Crippen LogP) is 3.57. The maximum Gasteiger partial charge on any atom is 0.262 e. The minimum Gasteiger partial charge on any atom is -0.496 e. The van der Waals surface area contributed by atoms with Crippen LogP contribution in [0.25, 0.3) is 0 Å². The lowest BCUT2D eigenvalue weighted by Gasteiger charge is -2.11. The van der Waals surface area contributed by atoms with E-state index in [1.165, 1.54) is 49.6 Å². The minimum atomic E-state index is -4.06. The topological polar surface area (TPSA) is 84.5 Å². The first kappa shape index (κ1) is 20.3. The fourth-order valence-corrected chi connectivity index (χ4v) is 3.79. The molecule has 0 aliphatic rings. The van der Waals surface area contributed by atoms with Gasteiger partial charge in [0.2, 0.25) is 0 Å². The van der Waals surface area contributed by atoms with Gasteiger partial charge in [-0.25, -0.2) is 12.8 Å². The van der Waals surface area contributed by atoms with E-state index in [1.807, 2.05) is 18.2 Å². The van der Waals surface area contributed by atoms with Crippen molar-refractivity contribution in [2.45, 2.75) is 11.4 Å². The summed E-state index contributed by atoms with van der Waals surface area (Å²) < 4.78 is 46.3. The number of nitrogens with one attached hydrogen (secondary N) is 2. The Kier molecular flexibility index (Phi) is 6.13.